The maximum atomic E-state index is 11.1. The molecule has 0 fully saturated rings. The average molecular weight is 228 g/mol. The van der Waals surface area contributed by atoms with Crippen molar-refractivity contribution in [2.24, 2.45) is 5.92 Å². The minimum absolute atomic E-state index is 0.0208. The van der Waals surface area contributed by atoms with E-state index in [9.17, 15) is 9.59 Å². The summed E-state index contributed by atoms with van der Waals surface area (Å²) in [6, 6.07) is 0. The zero-order valence-corrected chi connectivity index (χ0v) is 9.27. The van der Waals surface area contributed by atoms with Crippen molar-refractivity contribution >= 4 is 11.9 Å². The summed E-state index contributed by atoms with van der Waals surface area (Å²) in [5, 5.41) is 8.73. The first-order chi connectivity index (χ1) is 7.61. The molecule has 1 atom stereocenters. The molecule has 90 valence electrons. The molecule has 1 N–H and O–H groups in total. The van der Waals surface area contributed by atoms with Crippen molar-refractivity contribution < 1.29 is 24.2 Å². The molecule has 0 saturated carbocycles. The first-order valence-electron chi connectivity index (χ1n) is 4.92. The number of ether oxygens (including phenoxy) is 2. The van der Waals surface area contributed by atoms with E-state index in [4.69, 9.17) is 21.0 Å². The second-order valence-corrected chi connectivity index (χ2v) is 3.23. The Morgan fingerprint density at radius 1 is 1.44 bits per heavy atom. The number of hydrogen-bond acceptors (Lipinski definition) is 4. The zero-order valence-electron chi connectivity index (χ0n) is 9.27. The van der Waals surface area contributed by atoms with E-state index >= 15 is 0 Å². The molecule has 0 amide bonds. The molecule has 0 aromatic heterocycles. The molecule has 0 aliphatic heterocycles. The van der Waals surface area contributed by atoms with Crippen LogP contribution >= 0.6 is 0 Å². The van der Waals surface area contributed by atoms with Crippen LogP contribution in [0.5, 0.6) is 0 Å². The summed E-state index contributed by atoms with van der Waals surface area (Å²) in [7, 11) is 1.39. The number of terminal acetylenes is 1. The summed E-state index contributed by atoms with van der Waals surface area (Å²) in [6.07, 6.45) is 6.29. The SMILES string of the molecule is C#CCCCC(=O)OCC(COC)C(=O)O. The maximum Gasteiger partial charge on any atom is 0.312 e. The van der Waals surface area contributed by atoms with E-state index in [1.54, 1.807) is 0 Å². The van der Waals surface area contributed by atoms with E-state index < -0.39 is 17.9 Å². The first-order valence-corrected chi connectivity index (χ1v) is 4.92. The molecule has 0 heterocycles. The van der Waals surface area contributed by atoms with Gasteiger partial charge < -0.3 is 14.6 Å². The van der Waals surface area contributed by atoms with Gasteiger partial charge in [0.25, 0.3) is 0 Å². The van der Waals surface area contributed by atoms with Gasteiger partial charge in [-0.1, -0.05) is 0 Å². The summed E-state index contributed by atoms with van der Waals surface area (Å²) in [5.41, 5.74) is 0. The Balaban J connectivity index is 3.79. The number of carboxylic acids is 1. The number of aliphatic carboxylic acids is 1. The van der Waals surface area contributed by atoms with Crippen molar-refractivity contribution in [2.75, 3.05) is 20.3 Å². The van der Waals surface area contributed by atoms with Crippen LogP contribution in [-0.2, 0) is 19.1 Å². The largest absolute Gasteiger partial charge is 0.481 e. The Kier molecular flexibility index (Phi) is 7.90. The highest BCUT2D eigenvalue weighted by molar-refractivity contribution is 5.72. The van der Waals surface area contributed by atoms with Crippen LogP contribution in [0.3, 0.4) is 0 Å². The maximum absolute atomic E-state index is 11.1. The third-order valence-corrected chi connectivity index (χ3v) is 1.86. The molecule has 0 aliphatic rings. The molecular formula is C11H16O5. The fourth-order valence-corrected chi connectivity index (χ4v) is 0.992. The van der Waals surface area contributed by atoms with Crippen LogP contribution in [0.15, 0.2) is 0 Å². The third kappa shape index (κ3) is 6.85. The lowest BCUT2D eigenvalue weighted by Crippen LogP contribution is -2.25. The monoisotopic (exact) mass is 228 g/mol. The first kappa shape index (κ1) is 14.5. The Bertz CT molecular complexity index is 266. The number of carbonyl (C=O) groups is 2. The molecule has 5 nitrogen and oxygen atoms in total. The Morgan fingerprint density at radius 2 is 2.12 bits per heavy atom. The molecular weight excluding hydrogens is 212 g/mol. The topological polar surface area (TPSA) is 72.8 Å². The minimum Gasteiger partial charge on any atom is -0.481 e. The predicted octanol–water partition coefficient (Wildman–Crippen LogP) is 0.680. The van der Waals surface area contributed by atoms with E-state index in [1.165, 1.54) is 7.11 Å². The van der Waals surface area contributed by atoms with Gasteiger partial charge in [0.1, 0.15) is 12.5 Å². The van der Waals surface area contributed by atoms with Crippen molar-refractivity contribution in [1.82, 2.24) is 0 Å². The summed E-state index contributed by atoms with van der Waals surface area (Å²) in [5.74, 6) is 0.111. The highest BCUT2D eigenvalue weighted by Crippen LogP contribution is 2.02. The van der Waals surface area contributed by atoms with Gasteiger partial charge in [-0.3, -0.25) is 9.59 Å². The van der Waals surface area contributed by atoms with E-state index in [0.29, 0.717) is 12.8 Å². The van der Waals surface area contributed by atoms with Crippen molar-refractivity contribution in [3.8, 4) is 12.3 Å². The van der Waals surface area contributed by atoms with Gasteiger partial charge in [-0.05, 0) is 6.42 Å². The van der Waals surface area contributed by atoms with Gasteiger partial charge in [-0.2, -0.15) is 0 Å². The number of rotatable bonds is 8. The van der Waals surface area contributed by atoms with Gasteiger partial charge in [-0.25, -0.2) is 0 Å². The van der Waals surface area contributed by atoms with Gasteiger partial charge in [0.15, 0.2) is 0 Å². The number of hydrogen-bond donors (Lipinski definition) is 1. The minimum atomic E-state index is -1.04. The molecule has 0 spiro atoms. The van der Waals surface area contributed by atoms with Crippen molar-refractivity contribution in [1.29, 1.82) is 0 Å². The summed E-state index contributed by atoms with van der Waals surface area (Å²) >= 11 is 0. The van der Waals surface area contributed by atoms with Crippen molar-refractivity contribution in [3.05, 3.63) is 0 Å². The zero-order chi connectivity index (χ0) is 12.4. The lowest BCUT2D eigenvalue weighted by Gasteiger charge is -2.11. The number of unbranched alkanes of at least 4 members (excludes halogenated alkanes) is 1. The summed E-state index contributed by atoms with van der Waals surface area (Å²) in [6.45, 7) is -0.148. The molecule has 1 unspecified atom stereocenters. The summed E-state index contributed by atoms with van der Waals surface area (Å²) < 4.78 is 9.49. The molecule has 0 saturated heterocycles. The fraction of sp³-hybridized carbons (Fsp3) is 0.636. The normalized spacial score (nSPS) is 11.5. The number of carbonyl (C=O) groups excluding carboxylic acids is 1. The van der Waals surface area contributed by atoms with Crippen LogP contribution in [0.2, 0.25) is 0 Å². The highest BCUT2D eigenvalue weighted by Gasteiger charge is 2.19. The lowest BCUT2D eigenvalue weighted by atomic mass is 10.2. The molecule has 0 aliphatic carbocycles. The highest BCUT2D eigenvalue weighted by atomic mass is 16.5. The fourth-order valence-electron chi connectivity index (χ4n) is 0.992. The van der Waals surface area contributed by atoms with Crippen molar-refractivity contribution in [2.45, 2.75) is 19.3 Å². The van der Waals surface area contributed by atoms with Gasteiger partial charge in [0.05, 0.1) is 6.61 Å². The molecule has 5 heteroatoms. The second-order valence-electron chi connectivity index (χ2n) is 3.23. The molecule has 0 aromatic carbocycles. The van der Waals surface area contributed by atoms with Crippen LogP contribution in [0.1, 0.15) is 19.3 Å². The predicted molar refractivity (Wildman–Crippen MR) is 56.6 cm³/mol. The standard InChI is InChI=1S/C11H16O5/c1-3-4-5-6-10(12)16-8-9(7-15-2)11(13)14/h1,9H,4-8H2,2H3,(H,13,14). The van der Waals surface area contributed by atoms with E-state index in [-0.39, 0.29) is 19.6 Å². The number of carboxylic acid groups (broad SMARTS) is 1. The van der Waals surface area contributed by atoms with Gasteiger partial charge >= 0.3 is 11.9 Å². The van der Waals surface area contributed by atoms with Crippen LogP contribution < -0.4 is 0 Å². The molecule has 0 bridgehead atoms. The smallest absolute Gasteiger partial charge is 0.312 e. The van der Waals surface area contributed by atoms with E-state index in [1.807, 2.05) is 0 Å². The van der Waals surface area contributed by atoms with Crippen LogP contribution in [0.25, 0.3) is 0 Å². The molecule has 0 radical (unpaired) electrons. The van der Waals surface area contributed by atoms with Gasteiger partial charge in [0.2, 0.25) is 0 Å². The average Bonchev–Trinajstić information content (AvgIpc) is 2.24. The Labute approximate surface area is 94.7 Å². The Hall–Kier alpha value is -1.54. The van der Waals surface area contributed by atoms with E-state index in [2.05, 4.69) is 5.92 Å². The summed E-state index contributed by atoms with van der Waals surface area (Å²) in [4.78, 5) is 21.8. The van der Waals surface area contributed by atoms with Crippen LogP contribution in [0, 0.1) is 18.3 Å². The Morgan fingerprint density at radius 3 is 2.62 bits per heavy atom. The molecule has 0 aromatic rings. The van der Waals surface area contributed by atoms with Crippen LogP contribution in [0.4, 0.5) is 0 Å². The van der Waals surface area contributed by atoms with Crippen LogP contribution in [-0.4, -0.2) is 37.4 Å². The van der Waals surface area contributed by atoms with Gasteiger partial charge in [0, 0.05) is 20.0 Å². The second kappa shape index (κ2) is 8.74. The number of methoxy groups -OCH3 is 1. The lowest BCUT2D eigenvalue weighted by molar-refractivity contribution is -0.152. The van der Waals surface area contributed by atoms with E-state index in [0.717, 1.165) is 0 Å². The quantitative estimate of drug-likeness (QED) is 0.376. The number of esters is 1. The third-order valence-electron chi connectivity index (χ3n) is 1.86. The van der Waals surface area contributed by atoms with Gasteiger partial charge in [-0.15, -0.1) is 12.3 Å². The molecule has 16 heavy (non-hydrogen) atoms. The molecule has 0 rings (SSSR count). The van der Waals surface area contributed by atoms with Crippen molar-refractivity contribution in [3.63, 3.8) is 0 Å².